The monoisotopic (exact) mass is 296 g/mol. The molecule has 100 valence electrons. The van der Waals surface area contributed by atoms with E-state index in [1.54, 1.807) is 30.6 Å². The van der Waals surface area contributed by atoms with Gasteiger partial charge in [0.05, 0.1) is 4.90 Å². The van der Waals surface area contributed by atoms with Crippen LogP contribution in [0.25, 0.3) is 0 Å². The molecule has 0 radical (unpaired) electrons. The summed E-state index contributed by atoms with van der Waals surface area (Å²) in [6, 6.07) is 9.83. The molecule has 1 aromatic carbocycles. The zero-order valence-electron chi connectivity index (χ0n) is 10.3. The van der Waals surface area contributed by atoms with Crippen molar-refractivity contribution in [3.63, 3.8) is 0 Å². The maximum Gasteiger partial charge on any atom is 0.243 e. The lowest BCUT2D eigenvalue weighted by Gasteiger charge is -2.17. The van der Waals surface area contributed by atoms with Crippen molar-refractivity contribution in [3.8, 4) is 0 Å². The molecule has 0 bridgehead atoms. The molecule has 6 heteroatoms. The first kappa shape index (κ1) is 14.0. The van der Waals surface area contributed by atoms with Gasteiger partial charge in [0.1, 0.15) is 0 Å². The second kappa shape index (κ2) is 5.69. The molecule has 0 saturated heterocycles. The Labute approximate surface area is 117 Å². The molecule has 2 aromatic rings. The van der Waals surface area contributed by atoms with Crippen molar-refractivity contribution >= 4 is 21.6 Å². The Morgan fingerprint density at radius 2 is 2.05 bits per heavy atom. The van der Waals surface area contributed by atoms with Gasteiger partial charge in [0.15, 0.2) is 0 Å². The van der Waals surface area contributed by atoms with Crippen LogP contribution in [0.3, 0.4) is 0 Å². The molecule has 0 unspecified atom stereocenters. The third-order valence-electron chi connectivity index (χ3n) is 2.63. The number of benzene rings is 1. The highest BCUT2D eigenvalue weighted by atomic mass is 35.5. The molecule has 0 spiro atoms. The van der Waals surface area contributed by atoms with E-state index < -0.39 is 10.0 Å². The fourth-order valence-corrected chi connectivity index (χ4v) is 3.10. The molecular formula is C13H13ClN2O2S. The number of halogens is 1. The summed E-state index contributed by atoms with van der Waals surface area (Å²) in [5.41, 5.74) is 0.829. The van der Waals surface area contributed by atoms with E-state index in [1.165, 1.54) is 23.5 Å². The van der Waals surface area contributed by atoms with Gasteiger partial charge in [0.25, 0.3) is 0 Å². The highest BCUT2D eigenvalue weighted by molar-refractivity contribution is 7.89. The van der Waals surface area contributed by atoms with Crippen LogP contribution in [0.2, 0.25) is 5.02 Å². The Morgan fingerprint density at radius 3 is 2.68 bits per heavy atom. The third-order valence-corrected chi connectivity index (χ3v) is 4.67. The van der Waals surface area contributed by atoms with Crippen LogP contribution in [0.5, 0.6) is 0 Å². The van der Waals surface area contributed by atoms with Crippen molar-refractivity contribution in [2.24, 2.45) is 0 Å². The van der Waals surface area contributed by atoms with Gasteiger partial charge in [-0.3, -0.25) is 4.98 Å². The molecular weight excluding hydrogens is 284 g/mol. The van der Waals surface area contributed by atoms with Crippen molar-refractivity contribution < 1.29 is 8.42 Å². The summed E-state index contributed by atoms with van der Waals surface area (Å²) in [7, 11) is -2.01. The van der Waals surface area contributed by atoms with Crippen LogP contribution in [0.15, 0.2) is 53.7 Å². The van der Waals surface area contributed by atoms with Gasteiger partial charge in [0, 0.05) is 31.0 Å². The van der Waals surface area contributed by atoms with E-state index in [1.807, 2.05) is 6.07 Å². The van der Waals surface area contributed by atoms with Crippen LogP contribution >= 0.6 is 11.6 Å². The maximum atomic E-state index is 12.3. The molecule has 19 heavy (non-hydrogen) atoms. The smallest absolute Gasteiger partial charge is 0.243 e. The number of hydrogen-bond acceptors (Lipinski definition) is 3. The molecule has 0 aliphatic carbocycles. The van der Waals surface area contributed by atoms with Crippen molar-refractivity contribution in [2.45, 2.75) is 11.4 Å². The van der Waals surface area contributed by atoms with Gasteiger partial charge < -0.3 is 0 Å². The van der Waals surface area contributed by atoms with Gasteiger partial charge in [-0.2, -0.15) is 4.31 Å². The molecule has 4 nitrogen and oxygen atoms in total. The lowest BCUT2D eigenvalue weighted by Crippen LogP contribution is -2.26. The molecule has 0 aliphatic rings. The first-order valence-corrected chi connectivity index (χ1v) is 7.43. The Hall–Kier alpha value is -1.43. The van der Waals surface area contributed by atoms with Gasteiger partial charge in [-0.25, -0.2) is 8.42 Å². The molecule has 0 aliphatic heterocycles. The number of aromatic nitrogens is 1. The minimum absolute atomic E-state index is 0.186. The van der Waals surface area contributed by atoms with Crippen LogP contribution in [-0.4, -0.2) is 24.8 Å². The van der Waals surface area contributed by atoms with Crippen molar-refractivity contribution in [2.75, 3.05) is 7.05 Å². The summed E-state index contributed by atoms with van der Waals surface area (Å²) in [4.78, 5) is 4.15. The van der Waals surface area contributed by atoms with Crippen molar-refractivity contribution in [1.29, 1.82) is 0 Å². The summed E-state index contributed by atoms with van der Waals surface area (Å²) in [5.74, 6) is 0. The van der Waals surface area contributed by atoms with Gasteiger partial charge in [0.2, 0.25) is 10.0 Å². The maximum absolute atomic E-state index is 12.3. The SMILES string of the molecule is CN(Cc1cccnc1)S(=O)(=O)c1cccc(Cl)c1. The van der Waals surface area contributed by atoms with Crippen molar-refractivity contribution in [1.82, 2.24) is 9.29 Å². The van der Waals surface area contributed by atoms with E-state index in [9.17, 15) is 8.42 Å². The number of rotatable bonds is 4. The lowest BCUT2D eigenvalue weighted by molar-refractivity contribution is 0.466. The zero-order chi connectivity index (χ0) is 13.9. The molecule has 0 atom stereocenters. The zero-order valence-corrected chi connectivity index (χ0v) is 11.9. The first-order chi connectivity index (χ1) is 9.00. The van der Waals surface area contributed by atoms with Crippen LogP contribution in [0.4, 0.5) is 0 Å². The normalized spacial score (nSPS) is 11.7. The minimum Gasteiger partial charge on any atom is -0.264 e. The Bertz CT molecular complexity index is 659. The second-order valence-corrected chi connectivity index (χ2v) is 6.56. The third kappa shape index (κ3) is 3.32. The van der Waals surface area contributed by atoms with Gasteiger partial charge in [-0.1, -0.05) is 23.7 Å². The largest absolute Gasteiger partial charge is 0.264 e. The summed E-state index contributed by atoms with van der Waals surface area (Å²) in [6.45, 7) is 0.267. The van der Waals surface area contributed by atoms with Crippen LogP contribution in [0, 0.1) is 0 Å². The summed E-state index contributed by atoms with van der Waals surface area (Å²) >= 11 is 5.82. The average Bonchev–Trinajstić information content (AvgIpc) is 2.40. The first-order valence-electron chi connectivity index (χ1n) is 5.61. The molecule has 1 heterocycles. The number of pyridine rings is 1. The van der Waals surface area contributed by atoms with Crippen LogP contribution in [-0.2, 0) is 16.6 Å². The summed E-state index contributed by atoms with van der Waals surface area (Å²) in [6.07, 6.45) is 3.29. The van der Waals surface area contributed by atoms with Crippen LogP contribution < -0.4 is 0 Å². The van der Waals surface area contributed by atoms with Crippen LogP contribution in [0.1, 0.15) is 5.56 Å². The summed E-state index contributed by atoms with van der Waals surface area (Å²) in [5, 5.41) is 0.399. The molecule has 0 amide bonds. The van der Waals surface area contributed by atoms with E-state index in [4.69, 9.17) is 11.6 Å². The number of nitrogens with zero attached hydrogens (tertiary/aromatic N) is 2. The Kier molecular flexibility index (Phi) is 4.19. The van der Waals surface area contributed by atoms with Gasteiger partial charge in [-0.15, -0.1) is 0 Å². The highest BCUT2D eigenvalue weighted by Crippen LogP contribution is 2.19. The van der Waals surface area contributed by atoms with E-state index in [0.717, 1.165) is 5.56 Å². The number of hydrogen-bond donors (Lipinski definition) is 0. The Balaban J connectivity index is 2.25. The van der Waals surface area contributed by atoms with E-state index in [-0.39, 0.29) is 11.4 Å². The van der Waals surface area contributed by atoms with E-state index in [2.05, 4.69) is 4.98 Å². The van der Waals surface area contributed by atoms with Gasteiger partial charge >= 0.3 is 0 Å². The van der Waals surface area contributed by atoms with E-state index in [0.29, 0.717) is 5.02 Å². The second-order valence-electron chi connectivity index (χ2n) is 4.08. The van der Waals surface area contributed by atoms with Crippen molar-refractivity contribution in [3.05, 3.63) is 59.4 Å². The number of sulfonamides is 1. The predicted molar refractivity (Wildman–Crippen MR) is 74.3 cm³/mol. The fourth-order valence-electron chi connectivity index (χ4n) is 1.64. The quantitative estimate of drug-likeness (QED) is 0.871. The topological polar surface area (TPSA) is 50.3 Å². The molecule has 0 fully saturated rings. The molecule has 0 N–H and O–H groups in total. The highest BCUT2D eigenvalue weighted by Gasteiger charge is 2.20. The predicted octanol–water partition coefficient (Wildman–Crippen LogP) is 2.56. The molecule has 0 saturated carbocycles. The summed E-state index contributed by atoms with van der Waals surface area (Å²) < 4.78 is 25.9. The lowest BCUT2D eigenvalue weighted by atomic mass is 10.3. The molecule has 1 aromatic heterocycles. The van der Waals surface area contributed by atoms with E-state index >= 15 is 0 Å². The average molecular weight is 297 g/mol. The standard InChI is InChI=1S/C13H13ClN2O2S/c1-16(10-11-4-3-7-15-9-11)19(17,18)13-6-2-5-12(14)8-13/h2-9H,10H2,1H3. The Morgan fingerprint density at radius 1 is 1.26 bits per heavy atom. The van der Waals surface area contributed by atoms with Gasteiger partial charge in [-0.05, 0) is 29.8 Å². The molecule has 2 rings (SSSR count). The minimum atomic E-state index is -3.54. The fraction of sp³-hybridized carbons (Fsp3) is 0.154.